The van der Waals surface area contributed by atoms with Crippen LogP contribution in [-0.4, -0.2) is 39.3 Å². The van der Waals surface area contributed by atoms with Gasteiger partial charge in [0.15, 0.2) is 11.5 Å². The zero-order chi connectivity index (χ0) is 17.4. The average Bonchev–Trinajstić information content (AvgIpc) is 2.60. The predicted molar refractivity (Wildman–Crippen MR) is 95.8 cm³/mol. The van der Waals surface area contributed by atoms with Crippen molar-refractivity contribution in [2.75, 3.05) is 33.4 Å². The Bertz CT molecular complexity index is 582. The molecule has 5 heteroatoms. The van der Waals surface area contributed by atoms with Crippen LogP contribution >= 0.6 is 0 Å². The first-order valence-electron chi connectivity index (χ1n) is 8.57. The molecule has 1 aromatic carbocycles. The van der Waals surface area contributed by atoms with Crippen LogP contribution in [-0.2, 0) is 0 Å². The first-order valence-corrected chi connectivity index (χ1v) is 8.57. The molecular formula is C19H28N2O3. The third-order valence-corrected chi connectivity index (χ3v) is 4.01. The summed E-state index contributed by atoms with van der Waals surface area (Å²) in [4.78, 5) is 12.3. The molecule has 0 spiro atoms. The lowest BCUT2D eigenvalue weighted by molar-refractivity contribution is 0.0956. The van der Waals surface area contributed by atoms with Crippen LogP contribution < -0.4 is 20.1 Å². The molecule has 132 valence electrons. The molecule has 0 saturated carbocycles. The Hall–Kier alpha value is -2.01. The molecule has 0 saturated heterocycles. The van der Waals surface area contributed by atoms with Gasteiger partial charge in [0, 0.05) is 18.7 Å². The fraction of sp³-hybridized carbons (Fsp3) is 0.526. The second-order valence-electron chi connectivity index (χ2n) is 6.40. The van der Waals surface area contributed by atoms with Crippen LogP contribution in [0.15, 0.2) is 29.8 Å². The van der Waals surface area contributed by atoms with Crippen LogP contribution in [0.1, 0.15) is 37.0 Å². The van der Waals surface area contributed by atoms with E-state index in [-0.39, 0.29) is 5.91 Å². The minimum Gasteiger partial charge on any atom is -0.493 e. The first-order chi connectivity index (χ1) is 11.6. The summed E-state index contributed by atoms with van der Waals surface area (Å²) in [5.74, 6) is 1.76. The van der Waals surface area contributed by atoms with E-state index >= 15 is 0 Å². The van der Waals surface area contributed by atoms with Crippen molar-refractivity contribution >= 4 is 5.91 Å². The van der Waals surface area contributed by atoms with Gasteiger partial charge in [-0.3, -0.25) is 4.79 Å². The second kappa shape index (κ2) is 9.33. The van der Waals surface area contributed by atoms with Gasteiger partial charge < -0.3 is 20.1 Å². The molecule has 0 aliphatic carbocycles. The molecule has 0 aromatic heterocycles. The number of nitrogens with one attached hydrogen (secondary N) is 2. The highest BCUT2D eigenvalue weighted by molar-refractivity contribution is 5.95. The first kappa shape index (κ1) is 18.3. The molecule has 1 aliphatic heterocycles. The number of carbonyl (C=O) groups is 1. The predicted octanol–water partition coefficient (Wildman–Crippen LogP) is 2.77. The average molecular weight is 332 g/mol. The Morgan fingerprint density at radius 3 is 2.83 bits per heavy atom. The van der Waals surface area contributed by atoms with Gasteiger partial charge in [-0.05, 0) is 43.5 Å². The number of hydrogen-bond donors (Lipinski definition) is 2. The summed E-state index contributed by atoms with van der Waals surface area (Å²) in [6, 6.07) is 5.31. The summed E-state index contributed by atoms with van der Waals surface area (Å²) in [6.45, 7) is 7.40. The van der Waals surface area contributed by atoms with E-state index < -0.39 is 0 Å². The minimum atomic E-state index is -0.0959. The highest BCUT2D eigenvalue weighted by Crippen LogP contribution is 2.28. The van der Waals surface area contributed by atoms with Crippen LogP contribution in [0, 0.1) is 5.92 Å². The lowest BCUT2D eigenvalue weighted by Crippen LogP contribution is -2.29. The fourth-order valence-electron chi connectivity index (χ4n) is 2.46. The van der Waals surface area contributed by atoms with Crippen LogP contribution in [0.25, 0.3) is 0 Å². The lowest BCUT2D eigenvalue weighted by atomic mass is 10.1. The van der Waals surface area contributed by atoms with Crippen LogP contribution in [0.4, 0.5) is 0 Å². The maximum atomic E-state index is 12.3. The number of hydrogen-bond acceptors (Lipinski definition) is 4. The molecule has 0 bridgehead atoms. The molecule has 1 heterocycles. The summed E-state index contributed by atoms with van der Waals surface area (Å²) in [5.41, 5.74) is 1.85. The SMILES string of the molecule is COc1cc(C(=O)NCC2=CCNCC2)ccc1OCCC(C)C. The van der Waals surface area contributed by atoms with Crippen molar-refractivity contribution in [2.24, 2.45) is 5.92 Å². The highest BCUT2D eigenvalue weighted by Gasteiger charge is 2.12. The smallest absolute Gasteiger partial charge is 0.251 e. The van der Waals surface area contributed by atoms with Crippen molar-refractivity contribution in [3.8, 4) is 11.5 Å². The molecule has 2 rings (SSSR count). The standard InChI is InChI=1S/C19H28N2O3/c1-14(2)8-11-24-17-5-4-16(12-18(17)23-3)19(22)21-13-15-6-9-20-10-7-15/h4-6,12,14,20H,7-11,13H2,1-3H3,(H,21,22). The molecule has 1 aliphatic rings. The summed E-state index contributed by atoms with van der Waals surface area (Å²) in [6.07, 6.45) is 4.09. The maximum Gasteiger partial charge on any atom is 0.251 e. The molecule has 1 amide bonds. The summed E-state index contributed by atoms with van der Waals surface area (Å²) >= 11 is 0. The molecule has 0 atom stereocenters. The van der Waals surface area contributed by atoms with E-state index in [9.17, 15) is 4.79 Å². The van der Waals surface area contributed by atoms with E-state index in [0.717, 1.165) is 25.9 Å². The van der Waals surface area contributed by atoms with Crippen molar-refractivity contribution in [1.82, 2.24) is 10.6 Å². The Labute approximate surface area is 144 Å². The van der Waals surface area contributed by atoms with Gasteiger partial charge in [-0.25, -0.2) is 0 Å². The van der Waals surface area contributed by atoms with Gasteiger partial charge in [0.25, 0.3) is 5.91 Å². The van der Waals surface area contributed by atoms with E-state index in [2.05, 4.69) is 30.6 Å². The number of ether oxygens (including phenoxy) is 2. The molecule has 1 aromatic rings. The van der Waals surface area contributed by atoms with Gasteiger partial charge in [0.1, 0.15) is 0 Å². The van der Waals surface area contributed by atoms with Gasteiger partial charge >= 0.3 is 0 Å². The molecule has 2 N–H and O–H groups in total. The van der Waals surface area contributed by atoms with E-state index in [1.165, 1.54) is 5.57 Å². The Kier molecular flexibility index (Phi) is 7.12. The lowest BCUT2D eigenvalue weighted by Gasteiger charge is -2.15. The van der Waals surface area contributed by atoms with E-state index in [4.69, 9.17) is 9.47 Å². The molecule has 0 radical (unpaired) electrons. The van der Waals surface area contributed by atoms with Crippen molar-refractivity contribution < 1.29 is 14.3 Å². The van der Waals surface area contributed by atoms with Gasteiger partial charge in [0.05, 0.1) is 13.7 Å². The Morgan fingerprint density at radius 1 is 1.33 bits per heavy atom. The van der Waals surface area contributed by atoms with E-state index in [0.29, 0.717) is 36.1 Å². The van der Waals surface area contributed by atoms with Gasteiger partial charge in [-0.15, -0.1) is 0 Å². The highest BCUT2D eigenvalue weighted by atomic mass is 16.5. The Morgan fingerprint density at radius 2 is 2.17 bits per heavy atom. The molecular weight excluding hydrogens is 304 g/mol. The summed E-state index contributed by atoms with van der Waals surface area (Å²) in [7, 11) is 1.59. The van der Waals surface area contributed by atoms with E-state index in [1.807, 2.05) is 0 Å². The number of rotatable bonds is 8. The number of carbonyl (C=O) groups excluding carboxylic acids is 1. The Balaban J connectivity index is 1.94. The van der Waals surface area contributed by atoms with Gasteiger partial charge in [0.2, 0.25) is 0 Å². The normalized spacial score (nSPS) is 14.2. The molecule has 24 heavy (non-hydrogen) atoms. The topological polar surface area (TPSA) is 59.6 Å². The van der Waals surface area contributed by atoms with Crippen molar-refractivity contribution in [2.45, 2.75) is 26.7 Å². The number of amides is 1. The number of benzene rings is 1. The van der Waals surface area contributed by atoms with E-state index in [1.54, 1.807) is 25.3 Å². The zero-order valence-corrected chi connectivity index (χ0v) is 14.9. The third-order valence-electron chi connectivity index (χ3n) is 4.01. The third kappa shape index (κ3) is 5.57. The second-order valence-corrected chi connectivity index (χ2v) is 6.40. The maximum absolute atomic E-state index is 12.3. The van der Waals surface area contributed by atoms with Crippen molar-refractivity contribution in [3.05, 3.63) is 35.4 Å². The summed E-state index contributed by atoms with van der Waals surface area (Å²) in [5, 5.41) is 6.23. The molecule has 0 fully saturated rings. The summed E-state index contributed by atoms with van der Waals surface area (Å²) < 4.78 is 11.1. The van der Waals surface area contributed by atoms with Gasteiger partial charge in [-0.2, -0.15) is 0 Å². The van der Waals surface area contributed by atoms with Crippen molar-refractivity contribution in [1.29, 1.82) is 0 Å². The quantitative estimate of drug-likeness (QED) is 0.719. The fourth-order valence-corrected chi connectivity index (χ4v) is 2.46. The van der Waals surface area contributed by atoms with Crippen LogP contribution in [0.2, 0.25) is 0 Å². The molecule has 0 unspecified atom stereocenters. The van der Waals surface area contributed by atoms with Crippen LogP contribution in [0.3, 0.4) is 0 Å². The monoisotopic (exact) mass is 332 g/mol. The van der Waals surface area contributed by atoms with Crippen molar-refractivity contribution in [3.63, 3.8) is 0 Å². The number of methoxy groups -OCH3 is 1. The van der Waals surface area contributed by atoms with Gasteiger partial charge in [-0.1, -0.05) is 25.5 Å². The van der Waals surface area contributed by atoms with Crippen LogP contribution in [0.5, 0.6) is 11.5 Å². The zero-order valence-electron chi connectivity index (χ0n) is 14.9. The largest absolute Gasteiger partial charge is 0.493 e. The minimum absolute atomic E-state index is 0.0959. The molecule has 5 nitrogen and oxygen atoms in total.